The van der Waals surface area contributed by atoms with Gasteiger partial charge >= 0.3 is 0 Å². The summed E-state index contributed by atoms with van der Waals surface area (Å²) in [5.41, 5.74) is 1.03. The number of thioether (sulfide) groups is 2. The maximum Gasteiger partial charge on any atom is 0.129 e. The molecule has 0 saturated heterocycles. The second-order valence-electron chi connectivity index (χ2n) is 2.71. The highest BCUT2D eigenvalue weighted by atomic mass is 32.2. The molecule has 1 aromatic rings. The van der Waals surface area contributed by atoms with Crippen LogP contribution in [-0.2, 0) is 0 Å². The number of benzene rings is 1. The fourth-order valence-corrected chi connectivity index (χ4v) is 1.96. The van der Waals surface area contributed by atoms with Gasteiger partial charge in [0.05, 0.1) is 0 Å². The Balaban J connectivity index is 2.65. The SMILES string of the molecule is CSC(=N/C=C/c1ccc(O)cc1)SC. The first-order chi connectivity index (χ1) is 7.26. The van der Waals surface area contributed by atoms with Crippen molar-refractivity contribution in [1.29, 1.82) is 0 Å². The molecule has 0 amide bonds. The normalized spacial score (nSPS) is 10.5. The largest absolute Gasteiger partial charge is 0.508 e. The third-order valence-corrected chi connectivity index (χ3v) is 3.60. The van der Waals surface area contributed by atoms with E-state index in [0.717, 1.165) is 9.94 Å². The van der Waals surface area contributed by atoms with Crippen molar-refractivity contribution in [2.45, 2.75) is 0 Å². The molecule has 15 heavy (non-hydrogen) atoms. The third kappa shape index (κ3) is 4.44. The third-order valence-electron chi connectivity index (χ3n) is 1.69. The molecule has 0 aliphatic rings. The summed E-state index contributed by atoms with van der Waals surface area (Å²) in [7, 11) is 0. The van der Waals surface area contributed by atoms with Gasteiger partial charge in [-0.2, -0.15) is 0 Å². The highest BCUT2D eigenvalue weighted by molar-refractivity contribution is 8.38. The first kappa shape index (κ1) is 12.2. The van der Waals surface area contributed by atoms with Crippen LogP contribution in [0, 0.1) is 0 Å². The van der Waals surface area contributed by atoms with Crippen LogP contribution >= 0.6 is 23.5 Å². The smallest absolute Gasteiger partial charge is 0.129 e. The van der Waals surface area contributed by atoms with E-state index < -0.39 is 0 Å². The van der Waals surface area contributed by atoms with Gasteiger partial charge in [0.1, 0.15) is 10.1 Å². The van der Waals surface area contributed by atoms with Gasteiger partial charge in [0.15, 0.2) is 0 Å². The molecular weight excluding hydrogens is 226 g/mol. The van der Waals surface area contributed by atoms with Crippen molar-refractivity contribution in [1.82, 2.24) is 0 Å². The molecule has 0 heterocycles. The number of phenolic OH excluding ortho intramolecular Hbond substituents is 1. The van der Waals surface area contributed by atoms with E-state index in [-0.39, 0.29) is 5.75 Å². The Morgan fingerprint density at radius 2 is 1.80 bits per heavy atom. The fraction of sp³-hybridized carbons (Fsp3) is 0.182. The van der Waals surface area contributed by atoms with Crippen molar-refractivity contribution in [3.63, 3.8) is 0 Å². The first-order valence-electron chi connectivity index (χ1n) is 4.37. The van der Waals surface area contributed by atoms with Crippen LogP contribution in [0.15, 0.2) is 35.5 Å². The van der Waals surface area contributed by atoms with Crippen LogP contribution < -0.4 is 0 Å². The van der Waals surface area contributed by atoms with Gasteiger partial charge in [-0.05, 0) is 36.3 Å². The molecular formula is C11H13NOS2. The molecule has 1 rings (SSSR count). The molecule has 4 heteroatoms. The van der Waals surface area contributed by atoms with E-state index in [4.69, 9.17) is 5.11 Å². The summed E-state index contributed by atoms with van der Waals surface area (Å²) < 4.78 is 1.03. The summed E-state index contributed by atoms with van der Waals surface area (Å²) in [6.45, 7) is 0. The molecule has 80 valence electrons. The van der Waals surface area contributed by atoms with Crippen LogP contribution in [0.2, 0.25) is 0 Å². The number of nitrogens with zero attached hydrogens (tertiary/aromatic N) is 1. The van der Waals surface area contributed by atoms with Gasteiger partial charge in [0, 0.05) is 6.20 Å². The van der Waals surface area contributed by atoms with Crippen LogP contribution in [0.1, 0.15) is 5.56 Å². The summed E-state index contributed by atoms with van der Waals surface area (Å²) >= 11 is 3.26. The van der Waals surface area contributed by atoms with Gasteiger partial charge in [-0.25, -0.2) is 4.99 Å². The standard InChI is InChI=1S/C11H13NOS2/c1-14-11(15-2)12-8-7-9-3-5-10(13)6-4-9/h3-8,13H,1-2H3/b8-7+. The molecule has 0 fully saturated rings. The molecule has 0 aliphatic carbocycles. The molecule has 1 N–H and O–H groups in total. The zero-order valence-electron chi connectivity index (χ0n) is 8.68. The molecule has 0 saturated carbocycles. The predicted molar refractivity (Wildman–Crippen MR) is 71.6 cm³/mol. The molecule has 2 nitrogen and oxygen atoms in total. The Morgan fingerprint density at radius 1 is 1.20 bits per heavy atom. The number of aromatic hydroxyl groups is 1. The second-order valence-corrected chi connectivity index (χ2v) is 4.56. The molecule has 0 aromatic heterocycles. The zero-order valence-corrected chi connectivity index (χ0v) is 10.3. The number of hydrogen-bond acceptors (Lipinski definition) is 4. The van der Waals surface area contributed by atoms with Crippen LogP contribution in [0.3, 0.4) is 0 Å². The van der Waals surface area contributed by atoms with Gasteiger partial charge < -0.3 is 5.11 Å². The molecule has 1 aromatic carbocycles. The van der Waals surface area contributed by atoms with E-state index in [2.05, 4.69) is 4.99 Å². The van der Waals surface area contributed by atoms with Crippen molar-refractivity contribution in [2.75, 3.05) is 12.5 Å². The van der Waals surface area contributed by atoms with Crippen molar-refractivity contribution >= 4 is 34.0 Å². The lowest BCUT2D eigenvalue weighted by atomic mass is 10.2. The van der Waals surface area contributed by atoms with Crippen molar-refractivity contribution in [3.8, 4) is 5.75 Å². The monoisotopic (exact) mass is 239 g/mol. The Kier molecular flexibility index (Phi) is 5.36. The topological polar surface area (TPSA) is 32.6 Å². The fourth-order valence-electron chi connectivity index (χ4n) is 0.958. The van der Waals surface area contributed by atoms with Crippen LogP contribution in [0.5, 0.6) is 5.75 Å². The van der Waals surface area contributed by atoms with Crippen LogP contribution in [-0.4, -0.2) is 22.0 Å². The van der Waals surface area contributed by atoms with Crippen LogP contribution in [0.4, 0.5) is 0 Å². The average Bonchev–Trinajstić information content (AvgIpc) is 2.27. The van der Waals surface area contributed by atoms with Gasteiger partial charge in [0.2, 0.25) is 0 Å². The number of phenols is 1. The molecule has 0 radical (unpaired) electrons. The first-order valence-corrected chi connectivity index (χ1v) is 6.82. The lowest BCUT2D eigenvalue weighted by Gasteiger charge is -1.94. The maximum atomic E-state index is 9.09. The van der Waals surface area contributed by atoms with E-state index >= 15 is 0 Å². The molecule has 0 bridgehead atoms. The average molecular weight is 239 g/mol. The van der Waals surface area contributed by atoms with Gasteiger partial charge in [-0.1, -0.05) is 12.1 Å². The summed E-state index contributed by atoms with van der Waals surface area (Å²) in [6.07, 6.45) is 7.69. The second kappa shape index (κ2) is 6.58. The minimum absolute atomic E-state index is 0.282. The quantitative estimate of drug-likeness (QED) is 0.634. The lowest BCUT2D eigenvalue weighted by molar-refractivity contribution is 0.475. The van der Waals surface area contributed by atoms with Gasteiger partial charge in [0.25, 0.3) is 0 Å². The molecule has 0 spiro atoms. The predicted octanol–water partition coefficient (Wildman–Crippen LogP) is 3.44. The molecule has 0 unspecified atom stereocenters. The highest BCUT2D eigenvalue weighted by Gasteiger charge is 1.90. The van der Waals surface area contributed by atoms with E-state index in [1.165, 1.54) is 0 Å². The van der Waals surface area contributed by atoms with Crippen molar-refractivity contribution in [3.05, 3.63) is 36.0 Å². The number of aliphatic imine (C=N–C) groups is 1. The van der Waals surface area contributed by atoms with Crippen molar-refractivity contribution < 1.29 is 5.11 Å². The highest BCUT2D eigenvalue weighted by Crippen LogP contribution is 2.13. The summed E-state index contributed by atoms with van der Waals surface area (Å²) in [4.78, 5) is 4.28. The molecule has 0 atom stereocenters. The summed E-state index contributed by atoms with van der Waals surface area (Å²) in [5.74, 6) is 0.282. The lowest BCUT2D eigenvalue weighted by Crippen LogP contribution is -1.78. The van der Waals surface area contributed by atoms with Gasteiger partial charge in [-0.15, -0.1) is 23.5 Å². The van der Waals surface area contributed by atoms with Gasteiger partial charge in [-0.3, -0.25) is 0 Å². The maximum absolute atomic E-state index is 9.09. The van der Waals surface area contributed by atoms with Crippen LogP contribution in [0.25, 0.3) is 6.08 Å². The summed E-state index contributed by atoms with van der Waals surface area (Å²) in [6, 6.07) is 7.01. The Morgan fingerprint density at radius 3 is 2.33 bits per heavy atom. The van der Waals surface area contributed by atoms with E-state index in [9.17, 15) is 0 Å². The summed E-state index contributed by atoms with van der Waals surface area (Å²) in [5, 5.41) is 9.09. The van der Waals surface area contributed by atoms with E-state index in [1.54, 1.807) is 41.9 Å². The zero-order chi connectivity index (χ0) is 11.1. The molecule has 0 aliphatic heterocycles. The Hall–Kier alpha value is -0.870. The Labute approximate surface area is 98.5 Å². The minimum atomic E-state index is 0.282. The Bertz CT molecular complexity index is 351. The van der Waals surface area contributed by atoms with Crippen molar-refractivity contribution in [2.24, 2.45) is 4.99 Å². The van der Waals surface area contributed by atoms with E-state index in [0.29, 0.717) is 0 Å². The number of rotatable bonds is 2. The number of hydrogen-bond donors (Lipinski definition) is 1. The van der Waals surface area contributed by atoms with E-state index in [1.807, 2.05) is 30.7 Å². The minimum Gasteiger partial charge on any atom is -0.508 e.